The van der Waals surface area contributed by atoms with Crippen molar-refractivity contribution in [1.29, 1.82) is 0 Å². The predicted molar refractivity (Wildman–Crippen MR) is 91.2 cm³/mol. The number of rotatable bonds is 4. The second-order valence-electron chi connectivity index (χ2n) is 7.51. The molecule has 0 radical (unpaired) electrons. The molecule has 0 aromatic carbocycles. The highest BCUT2D eigenvalue weighted by molar-refractivity contribution is 9.10. The Morgan fingerprint density at radius 1 is 1.19 bits per heavy atom. The lowest BCUT2D eigenvalue weighted by molar-refractivity contribution is -0.0629. The number of hydrogen-bond donors (Lipinski definition) is 1. The fraction of sp³-hybridized carbons (Fsp3) is 0.706. The number of nitrogens with zero attached hydrogens (tertiary/aromatic N) is 1. The molecule has 1 atom stereocenters. The molecule has 4 bridgehead atoms. The first-order valence-corrected chi connectivity index (χ1v) is 9.91. The van der Waals surface area contributed by atoms with Gasteiger partial charge in [-0.3, -0.25) is 0 Å². The summed E-state index contributed by atoms with van der Waals surface area (Å²) in [4.78, 5) is 4.46. The lowest BCUT2D eigenvalue weighted by Crippen LogP contribution is -2.55. The van der Waals surface area contributed by atoms with Gasteiger partial charge in [0.1, 0.15) is 0 Å². The van der Waals surface area contributed by atoms with E-state index in [0.29, 0.717) is 11.5 Å². The van der Waals surface area contributed by atoms with Crippen LogP contribution in [0.5, 0.6) is 0 Å². The summed E-state index contributed by atoms with van der Waals surface area (Å²) < 4.78 is 1.04. The minimum atomic E-state index is 0.335. The van der Waals surface area contributed by atoms with E-state index in [2.05, 4.69) is 33.0 Å². The van der Waals surface area contributed by atoms with Crippen LogP contribution in [0.3, 0.4) is 0 Å². The Balaban J connectivity index is 1.42. The summed E-state index contributed by atoms with van der Waals surface area (Å²) in [6, 6.07) is 4.48. The van der Waals surface area contributed by atoms with Gasteiger partial charge in [-0.05, 0) is 89.8 Å². The molecule has 5 rings (SSSR count). The molecular weight excluding hydrogens is 344 g/mol. The highest BCUT2D eigenvalue weighted by Crippen LogP contribution is 2.61. The third-order valence-electron chi connectivity index (χ3n) is 5.98. The Hall–Kier alpha value is -0.0600. The van der Waals surface area contributed by atoms with Crippen LogP contribution >= 0.6 is 27.7 Å². The van der Waals surface area contributed by atoms with Crippen molar-refractivity contribution in [2.24, 2.45) is 28.9 Å². The van der Waals surface area contributed by atoms with Crippen molar-refractivity contribution in [3.8, 4) is 0 Å². The van der Waals surface area contributed by atoms with Crippen molar-refractivity contribution < 1.29 is 0 Å². The fourth-order valence-corrected chi connectivity index (χ4v) is 6.66. The van der Waals surface area contributed by atoms with Gasteiger partial charge in [-0.15, -0.1) is 11.8 Å². The molecule has 1 aromatic heterocycles. The highest BCUT2D eigenvalue weighted by Gasteiger charge is 2.53. The molecule has 1 unspecified atom stereocenters. The van der Waals surface area contributed by atoms with Gasteiger partial charge in [0.15, 0.2) is 0 Å². The van der Waals surface area contributed by atoms with E-state index in [0.717, 1.165) is 33.0 Å². The quantitative estimate of drug-likeness (QED) is 0.798. The van der Waals surface area contributed by atoms with E-state index in [1.54, 1.807) is 0 Å². The van der Waals surface area contributed by atoms with Crippen LogP contribution in [-0.2, 0) is 0 Å². The van der Waals surface area contributed by atoms with Crippen LogP contribution in [0.1, 0.15) is 38.5 Å². The molecule has 4 heteroatoms. The largest absolute Gasteiger partial charge is 0.326 e. The minimum Gasteiger partial charge on any atom is -0.326 e. The van der Waals surface area contributed by atoms with Gasteiger partial charge in [0.25, 0.3) is 0 Å². The molecule has 0 aliphatic heterocycles. The zero-order valence-corrected chi connectivity index (χ0v) is 14.7. The first-order valence-electron chi connectivity index (χ1n) is 8.13. The first-order chi connectivity index (χ1) is 10.1. The summed E-state index contributed by atoms with van der Waals surface area (Å²) in [5, 5.41) is 1.10. The zero-order valence-electron chi connectivity index (χ0n) is 12.3. The molecule has 1 aromatic rings. The third-order valence-corrected chi connectivity index (χ3v) is 7.52. The number of pyridine rings is 1. The Morgan fingerprint density at radius 2 is 1.81 bits per heavy atom. The van der Waals surface area contributed by atoms with Gasteiger partial charge in [0, 0.05) is 22.5 Å². The summed E-state index contributed by atoms with van der Waals surface area (Å²) in [6.45, 7) is 0. The second-order valence-corrected chi connectivity index (χ2v) is 9.47. The van der Waals surface area contributed by atoms with E-state index in [9.17, 15) is 0 Å². The molecular formula is C17H23BrN2S. The van der Waals surface area contributed by atoms with Crippen LogP contribution in [0, 0.1) is 23.2 Å². The normalized spacial score (nSPS) is 38.7. The Bertz CT molecular complexity index is 481. The van der Waals surface area contributed by atoms with Gasteiger partial charge in [-0.2, -0.15) is 0 Å². The van der Waals surface area contributed by atoms with Crippen molar-refractivity contribution in [1.82, 2.24) is 4.98 Å². The lowest BCUT2D eigenvalue weighted by atomic mass is 9.48. The van der Waals surface area contributed by atoms with Crippen LogP contribution in [-0.4, -0.2) is 16.8 Å². The summed E-state index contributed by atoms with van der Waals surface area (Å²) in [5.74, 6) is 3.97. The second kappa shape index (κ2) is 5.54. The monoisotopic (exact) mass is 366 g/mol. The van der Waals surface area contributed by atoms with Crippen molar-refractivity contribution in [2.75, 3.05) is 5.75 Å². The maximum absolute atomic E-state index is 6.69. The first kappa shape index (κ1) is 14.5. The SMILES string of the molecule is NC(CSc1ccc(Br)cn1)C12CC3CC(CC(C3)C1)C2. The molecule has 2 nitrogen and oxygen atoms in total. The zero-order chi connectivity index (χ0) is 14.4. The van der Waals surface area contributed by atoms with Gasteiger partial charge < -0.3 is 5.73 Å². The fourth-order valence-electron chi connectivity index (χ4n) is 5.43. The molecule has 0 amide bonds. The average Bonchev–Trinajstić information content (AvgIpc) is 2.45. The number of nitrogens with two attached hydrogens (primary N) is 1. The molecule has 0 spiro atoms. The van der Waals surface area contributed by atoms with Crippen molar-refractivity contribution in [3.63, 3.8) is 0 Å². The number of thioether (sulfide) groups is 1. The Kier molecular flexibility index (Phi) is 3.83. The van der Waals surface area contributed by atoms with E-state index in [1.165, 1.54) is 38.5 Å². The van der Waals surface area contributed by atoms with Gasteiger partial charge in [0.2, 0.25) is 0 Å². The van der Waals surface area contributed by atoms with Crippen LogP contribution in [0.15, 0.2) is 27.8 Å². The van der Waals surface area contributed by atoms with Crippen molar-refractivity contribution >= 4 is 27.7 Å². The maximum Gasteiger partial charge on any atom is 0.0961 e. The van der Waals surface area contributed by atoms with Crippen LogP contribution in [0.25, 0.3) is 0 Å². The van der Waals surface area contributed by atoms with E-state index in [4.69, 9.17) is 5.73 Å². The Labute approximate surface area is 139 Å². The van der Waals surface area contributed by atoms with E-state index in [-0.39, 0.29) is 0 Å². The van der Waals surface area contributed by atoms with Gasteiger partial charge in [-0.25, -0.2) is 4.98 Å². The summed E-state index contributed by atoms with van der Waals surface area (Å²) in [7, 11) is 0. The number of aromatic nitrogens is 1. The van der Waals surface area contributed by atoms with Crippen molar-refractivity contribution in [3.05, 3.63) is 22.8 Å². The molecule has 0 saturated heterocycles. The van der Waals surface area contributed by atoms with Gasteiger partial charge in [0.05, 0.1) is 5.03 Å². The standard InChI is InChI=1S/C17H23BrN2S/c18-14-1-2-16(20-9-14)21-10-15(19)17-6-11-3-12(7-17)5-13(4-11)8-17/h1-2,9,11-13,15H,3-8,10,19H2. The molecule has 21 heavy (non-hydrogen) atoms. The topological polar surface area (TPSA) is 38.9 Å². The van der Waals surface area contributed by atoms with Crippen molar-refractivity contribution in [2.45, 2.75) is 49.6 Å². The molecule has 4 aliphatic rings. The van der Waals surface area contributed by atoms with Crippen LogP contribution in [0.4, 0.5) is 0 Å². The molecule has 4 aliphatic carbocycles. The minimum absolute atomic E-state index is 0.335. The average molecular weight is 367 g/mol. The summed E-state index contributed by atoms with van der Waals surface area (Å²) in [5.41, 5.74) is 7.15. The van der Waals surface area contributed by atoms with E-state index < -0.39 is 0 Å². The third kappa shape index (κ3) is 2.79. The molecule has 4 saturated carbocycles. The molecule has 4 fully saturated rings. The van der Waals surface area contributed by atoms with E-state index in [1.807, 2.05) is 18.0 Å². The highest BCUT2D eigenvalue weighted by atomic mass is 79.9. The number of halogens is 1. The molecule has 2 N–H and O–H groups in total. The smallest absolute Gasteiger partial charge is 0.0961 e. The van der Waals surface area contributed by atoms with Crippen LogP contribution in [0.2, 0.25) is 0 Å². The summed E-state index contributed by atoms with van der Waals surface area (Å²) >= 11 is 5.27. The lowest BCUT2D eigenvalue weighted by Gasteiger charge is -2.59. The van der Waals surface area contributed by atoms with Gasteiger partial charge in [-0.1, -0.05) is 0 Å². The maximum atomic E-state index is 6.69. The Morgan fingerprint density at radius 3 is 2.33 bits per heavy atom. The predicted octanol–water partition coefficient (Wildman–Crippen LogP) is 4.48. The summed E-state index contributed by atoms with van der Waals surface area (Å²) in [6.07, 6.45) is 10.5. The number of hydrogen-bond acceptors (Lipinski definition) is 3. The molecule has 114 valence electrons. The molecule has 1 heterocycles. The van der Waals surface area contributed by atoms with Gasteiger partial charge >= 0.3 is 0 Å². The van der Waals surface area contributed by atoms with E-state index >= 15 is 0 Å². The van der Waals surface area contributed by atoms with Crippen LogP contribution < -0.4 is 5.73 Å².